The van der Waals surface area contributed by atoms with Crippen LogP contribution in [-0.4, -0.2) is 45.9 Å². The second-order valence-electron chi connectivity index (χ2n) is 6.65. The Balaban J connectivity index is 2.11. The van der Waals surface area contributed by atoms with Gasteiger partial charge in [0.2, 0.25) is 0 Å². The molecule has 30 heavy (non-hydrogen) atoms. The van der Waals surface area contributed by atoms with Gasteiger partial charge in [0.1, 0.15) is 11.5 Å². The topological polar surface area (TPSA) is 104 Å². The van der Waals surface area contributed by atoms with Crippen LogP contribution in [0.3, 0.4) is 0 Å². The number of likely N-dealkylation sites (tertiary alicyclic amines) is 1. The predicted octanol–water partition coefficient (Wildman–Crippen LogP) is 3.64. The molecule has 0 bridgehead atoms. The average Bonchev–Trinajstić information content (AvgIpc) is 2.98. The number of amides is 1. The Morgan fingerprint density at radius 1 is 1.07 bits per heavy atom. The van der Waals surface area contributed by atoms with Crippen molar-refractivity contribution in [1.29, 1.82) is 0 Å². The Labute approximate surface area is 178 Å². The molecule has 1 unspecified atom stereocenters. The van der Waals surface area contributed by atoms with Crippen LogP contribution in [0.25, 0.3) is 5.76 Å². The van der Waals surface area contributed by atoms with Gasteiger partial charge in [-0.2, -0.15) is 0 Å². The maximum Gasteiger partial charge on any atom is 0.305 e. The number of rotatable bonds is 7. The monoisotopic (exact) mass is 429 g/mol. The summed E-state index contributed by atoms with van der Waals surface area (Å²) in [5, 5.41) is 20.4. The molecule has 1 heterocycles. The second-order valence-corrected chi connectivity index (χ2v) is 7.08. The number of aliphatic hydroxyl groups excluding tert-OH is 1. The number of nitrogens with zero attached hydrogens (tertiary/aromatic N) is 1. The first-order valence-electron chi connectivity index (χ1n) is 9.32. The molecule has 3 rings (SSSR count). The molecule has 0 saturated carbocycles. The lowest BCUT2D eigenvalue weighted by Gasteiger charge is -2.25. The van der Waals surface area contributed by atoms with Crippen LogP contribution in [0.2, 0.25) is 5.02 Å². The van der Waals surface area contributed by atoms with Crippen molar-refractivity contribution in [3.05, 3.63) is 70.3 Å². The van der Waals surface area contributed by atoms with Gasteiger partial charge >= 0.3 is 5.97 Å². The van der Waals surface area contributed by atoms with Crippen molar-refractivity contribution in [3.8, 4) is 5.75 Å². The molecule has 1 fully saturated rings. The molecule has 0 radical (unpaired) electrons. The molecule has 8 heteroatoms. The minimum atomic E-state index is -1.10. The quantitative estimate of drug-likeness (QED) is 0.395. The minimum Gasteiger partial charge on any atom is -0.507 e. The molecule has 1 aliphatic heterocycles. The molecule has 0 aromatic heterocycles. The van der Waals surface area contributed by atoms with E-state index in [1.165, 1.54) is 17.0 Å². The van der Waals surface area contributed by atoms with Crippen LogP contribution in [0.15, 0.2) is 54.1 Å². The molecule has 156 valence electrons. The highest BCUT2D eigenvalue weighted by atomic mass is 35.5. The molecule has 0 spiro atoms. The lowest BCUT2D eigenvalue weighted by atomic mass is 9.95. The molecule has 2 aromatic rings. The van der Waals surface area contributed by atoms with Gasteiger partial charge in [0, 0.05) is 17.1 Å². The van der Waals surface area contributed by atoms with Gasteiger partial charge in [0.25, 0.3) is 11.7 Å². The third-order valence-corrected chi connectivity index (χ3v) is 4.98. The fourth-order valence-corrected chi connectivity index (χ4v) is 3.48. The van der Waals surface area contributed by atoms with E-state index in [0.29, 0.717) is 28.5 Å². The lowest BCUT2D eigenvalue weighted by Crippen LogP contribution is -2.31. The van der Waals surface area contributed by atoms with Gasteiger partial charge in [0.15, 0.2) is 0 Å². The van der Waals surface area contributed by atoms with E-state index in [1.54, 1.807) is 36.4 Å². The maximum absolute atomic E-state index is 12.8. The first kappa shape index (κ1) is 21.4. The number of carboxylic acids is 1. The van der Waals surface area contributed by atoms with Crippen LogP contribution < -0.4 is 4.74 Å². The van der Waals surface area contributed by atoms with Crippen molar-refractivity contribution in [2.75, 3.05) is 13.2 Å². The molecular weight excluding hydrogens is 410 g/mol. The number of aliphatic carboxylic acids is 1. The summed E-state index contributed by atoms with van der Waals surface area (Å²) in [7, 11) is 0. The number of benzene rings is 2. The second kappa shape index (κ2) is 9.00. The zero-order valence-electron chi connectivity index (χ0n) is 16.2. The Bertz CT molecular complexity index is 997. The number of hydrogen-bond acceptors (Lipinski definition) is 5. The summed E-state index contributed by atoms with van der Waals surface area (Å²) in [5.74, 6) is -2.56. The Kier molecular flexibility index (Phi) is 6.42. The smallest absolute Gasteiger partial charge is 0.305 e. The highest BCUT2D eigenvalue weighted by Gasteiger charge is 2.46. The average molecular weight is 430 g/mol. The molecular formula is C22H20ClNO6. The largest absolute Gasteiger partial charge is 0.507 e. The van der Waals surface area contributed by atoms with Gasteiger partial charge in [-0.15, -0.1) is 0 Å². The maximum atomic E-state index is 12.8. The number of halogens is 1. The van der Waals surface area contributed by atoms with Gasteiger partial charge in [0.05, 0.1) is 24.6 Å². The van der Waals surface area contributed by atoms with Crippen LogP contribution in [0.1, 0.15) is 30.5 Å². The van der Waals surface area contributed by atoms with Crippen molar-refractivity contribution < 1.29 is 29.3 Å². The molecule has 0 aliphatic carbocycles. The third kappa shape index (κ3) is 4.31. The lowest BCUT2D eigenvalue weighted by molar-refractivity contribution is -0.142. The number of ether oxygens (including phenoxy) is 1. The Hall–Kier alpha value is -3.32. The van der Waals surface area contributed by atoms with E-state index in [-0.39, 0.29) is 24.3 Å². The number of carbonyl (C=O) groups is 3. The predicted molar refractivity (Wildman–Crippen MR) is 110 cm³/mol. The Morgan fingerprint density at radius 3 is 2.27 bits per heavy atom. The van der Waals surface area contributed by atoms with Gasteiger partial charge in [-0.3, -0.25) is 14.4 Å². The fraction of sp³-hybridized carbons (Fsp3) is 0.227. The van der Waals surface area contributed by atoms with Crippen molar-refractivity contribution in [2.45, 2.75) is 19.4 Å². The molecule has 1 atom stereocenters. The summed E-state index contributed by atoms with van der Waals surface area (Å²) in [6.45, 7) is 2.16. The summed E-state index contributed by atoms with van der Waals surface area (Å²) < 4.78 is 5.43. The summed E-state index contributed by atoms with van der Waals surface area (Å²) in [5.41, 5.74) is 0.780. The normalized spacial score (nSPS) is 17.9. The van der Waals surface area contributed by atoms with E-state index in [0.717, 1.165) is 0 Å². The van der Waals surface area contributed by atoms with Crippen molar-refractivity contribution in [3.63, 3.8) is 0 Å². The van der Waals surface area contributed by atoms with Gasteiger partial charge in [-0.25, -0.2) is 0 Å². The van der Waals surface area contributed by atoms with Gasteiger partial charge in [-0.1, -0.05) is 23.7 Å². The SMILES string of the molecule is CCOc1ccc(C2C(=C(O)c3ccc(Cl)cc3)C(=O)C(=O)N2CCC(=O)O)cc1. The van der Waals surface area contributed by atoms with E-state index >= 15 is 0 Å². The van der Waals surface area contributed by atoms with E-state index < -0.39 is 23.7 Å². The van der Waals surface area contributed by atoms with Crippen LogP contribution in [0.5, 0.6) is 5.75 Å². The number of Topliss-reactive ketones (excluding diaryl/α,β-unsaturated/α-hetero) is 1. The standard InChI is InChI=1S/C22H20ClNO6/c1-2-30-16-9-5-13(6-10-16)19-18(20(27)14-3-7-15(23)8-4-14)21(28)22(29)24(19)12-11-17(25)26/h3-10,19,27H,2,11-12H2,1H3,(H,25,26). The summed E-state index contributed by atoms with van der Waals surface area (Å²) in [6, 6.07) is 12.0. The number of carboxylic acid groups (broad SMARTS) is 1. The van der Waals surface area contributed by atoms with Crippen molar-refractivity contribution in [1.82, 2.24) is 4.90 Å². The number of carbonyl (C=O) groups excluding carboxylic acids is 2. The molecule has 1 aliphatic rings. The summed E-state index contributed by atoms with van der Waals surface area (Å²) >= 11 is 5.89. The molecule has 2 N–H and O–H groups in total. The van der Waals surface area contributed by atoms with Gasteiger partial charge in [-0.05, 0) is 48.9 Å². The van der Waals surface area contributed by atoms with Crippen LogP contribution in [0.4, 0.5) is 0 Å². The highest BCUT2D eigenvalue weighted by molar-refractivity contribution is 6.46. The van der Waals surface area contributed by atoms with E-state index in [1.807, 2.05) is 6.92 Å². The first-order chi connectivity index (χ1) is 14.3. The Morgan fingerprint density at radius 2 is 1.70 bits per heavy atom. The van der Waals surface area contributed by atoms with Crippen LogP contribution in [0, 0.1) is 0 Å². The van der Waals surface area contributed by atoms with Gasteiger partial charge < -0.3 is 19.8 Å². The molecule has 2 aromatic carbocycles. The summed E-state index contributed by atoms with van der Waals surface area (Å²) in [4.78, 5) is 37.7. The summed E-state index contributed by atoms with van der Waals surface area (Å²) in [6.07, 6.45) is -0.332. The number of aliphatic hydroxyl groups is 1. The first-order valence-corrected chi connectivity index (χ1v) is 9.70. The van der Waals surface area contributed by atoms with Crippen molar-refractivity contribution >= 4 is 35.0 Å². The van der Waals surface area contributed by atoms with Crippen LogP contribution >= 0.6 is 11.6 Å². The zero-order valence-corrected chi connectivity index (χ0v) is 16.9. The van der Waals surface area contributed by atoms with Crippen molar-refractivity contribution in [2.24, 2.45) is 0 Å². The highest BCUT2D eigenvalue weighted by Crippen LogP contribution is 2.40. The van der Waals surface area contributed by atoms with E-state index in [9.17, 15) is 19.5 Å². The fourth-order valence-electron chi connectivity index (χ4n) is 3.35. The molecule has 7 nitrogen and oxygen atoms in total. The van der Waals surface area contributed by atoms with Crippen LogP contribution in [-0.2, 0) is 14.4 Å². The molecule has 1 amide bonds. The minimum absolute atomic E-state index is 0.100. The number of hydrogen-bond donors (Lipinski definition) is 2. The third-order valence-electron chi connectivity index (χ3n) is 4.73. The van der Waals surface area contributed by atoms with E-state index in [4.69, 9.17) is 21.4 Å². The number of ketones is 1. The zero-order chi connectivity index (χ0) is 21.8. The van der Waals surface area contributed by atoms with E-state index in [2.05, 4.69) is 0 Å². The molecule has 1 saturated heterocycles.